The molecule has 0 saturated heterocycles. The molecule has 2 heterocycles. The predicted octanol–water partition coefficient (Wildman–Crippen LogP) is 2.03. The topological polar surface area (TPSA) is 95.4 Å². The fraction of sp³-hybridized carbons (Fsp3) is 0.263. The summed E-state index contributed by atoms with van der Waals surface area (Å²) < 4.78 is 9.13. The third-order valence-corrected chi connectivity index (χ3v) is 4.55. The monoisotopic (exact) mass is 416 g/mol. The first-order valence-electron chi connectivity index (χ1n) is 8.75. The number of imidazole rings is 1. The van der Waals surface area contributed by atoms with Crippen molar-refractivity contribution >= 4 is 34.9 Å². The normalized spacial score (nSPS) is 12.1. The van der Waals surface area contributed by atoms with Gasteiger partial charge in [0.15, 0.2) is 11.2 Å². The van der Waals surface area contributed by atoms with Gasteiger partial charge in [-0.05, 0) is 36.8 Å². The molecule has 0 spiro atoms. The van der Waals surface area contributed by atoms with E-state index in [2.05, 4.69) is 15.5 Å². The van der Waals surface area contributed by atoms with Crippen molar-refractivity contribution in [2.45, 2.75) is 13.5 Å². The Morgan fingerprint density at radius 2 is 1.93 bits per heavy atom. The van der Waals surface area contributed by atoms with Crippen LogP contribution in [0.5, 0.6) is 5.75 Å². The van der Waals surface area contributed by atoms with Gasteiger partial charge < -0.3 is 4.74 Å². The van der Waals surface area contributed by atoms with Crippen molar-refractivity contribution in [3.63, 3.8) is 0 Å². The predicted molar refractivity (Wildman–Crippen MR) is 114 cm³/mol. The first-order chi connectivity index (χ1) is 13.8. The summed E-state index contributed by atoms with van der Waals surface area (Å²) in [6.45, 7) is 2.03. The molecule has 0 unspecified atom stereocenters. The third kappa shape index (κ3) is 4.09. The summed E-state index contributed by atoms with van der Waals surface area (Å²) in [6.07, 6.45) is 3.36. The van der Waals surface area contributed by atoms with E-state index in [0.717, 1.165) is 15.9 Å². The number of allylic oxidation sites excluding steroid dienone is 2. The Kier molecular flexibility index (Phi) is 5.88. The first-order valence-corrected chi connectivity index (χ1v) is 9.13. The molecule has 0 aliphatic heterocycles. The Balaban J connectivity index is 2.04. The lowest BCUT2D eigenvalue weighted by atomic mass is 10.2. The summed E-state index contributed by atoms with van der Waals surface area (Å²) in [5, 5.41) is 4.78. The Hall–Kier alpha value is -3.33. The number of halogens is 1. The Labute approximate surface area is 171 Å². The van der Waals surface area contributed by atoms with E-state index in [9.17, 15) is 9.59 Å². The zero-order valence-corrected chi connectivity index (χ0v) is 17.3. The molecule has 3 rings (SSSR count). The average molecular weight is 417 g/mol. The minimum absolute atomic E-state index is 0.265. The summed E-state index contributed by atoms with van der Waals surface area (Å²) in [5.74, 6) is 1.06. The number of fused-ring (bicyclic) bond motifs is 1. The Morgan fingerprint density at radius 1 is 1.24 bits per heavy atom. The van der Waals surface area contributed by atoms with E-state index >= 15 is 0 Å². The van der Waals surface area contributed by atoms with Gasteiger partial charge in [0.05, 0.1) is 13.3 Å². The van der Waals surface area contributed by atoms with E-state index in [0.29, 0.717) is 17.5 Å². The number of methoxy groups -OCH3 is 1. The van der Waals surface area contributed by atoms with Gasteiger partial charge in [-0.2, -0.15) is 10.1 Å². The van der Waals surface area contributed by atoms with Gasteiger partial charge in [0.25, 0.3) is 5.56 Å². The summed E-state index contributed by atoms with van der Waals surface area (Å²) in [6, 6.07) is 7.35. The van der Waals surface area contributed by atoms with Crippen LogP contribution in [0.15, 0.2) is 50.1 Å². The van der Waals surface area contributed by atoms with Gasteiger partial charge in [0.2, 0.25) is 5.95 Å². The fourth-order valence-corrected chi connectivity index (χ4v) is 2.85. The molecule has 152 valence electrons. The molecule has 0 saturated carbocycles. The number of hydrogen-bond acceptors (Lipinski definition) is 6. The van der Waals surface area contributed by atoms with Crippen molar-refractivity contribution < 1.29 is 4.74 Å². The minimum atomic E-state index is -0.454. The fourth-order valence-electron chi connectivity index (χ4n) is 2.78. The zero-order chi connectivity index (χ0) is 21.1. The van der Waals surface area contributed by atoms with Crippen molar-refractivity contribution in [2.75, 3.05) is 12.5 Å². The molecule has 0 radical (unpaired) electrons. The number of anilines is 1. The average Bonchev–Trinajstić information content (AvgIpc) is 3.08. The summed E-state index contributed by atoms with van der Waals surface area (Å²) in [4.78, 5) is 29.3. The maximum atomic E-state index is 12.7. The molecule has 1 aromatic carbocycles. The lowest BCUT2D eigenvalue weighted by Crippen LogP contribution is -2.37. The maximum Gasteiger partial charge on any atom is 0.332 e. The van der Waals surface area contributed by atoms with Crippen LogP contribution in [0.1, 0.15) is 12.5 Å². The number of benzene rings is 1. The van der Waals surface area contributed by atoms with Crippen molar-refractivity contribution in [1.82, 2.24) is 18.7 Å². The number of ether oxygens (including phenoxy) is 1. The largest absolute Gasteiger partial charge is 0.497 e. The molecular formula is C19H21ClN6O3. The van der Waals surface area contributed by atoms with Crippen molar-refractivity contribution in [2.24, 2.45) is 19.2 Å². The highest BCUT2D eigenvalue weighted by Crippen LogP contribution is 2.17. The lowest BCUT2D eigenvalue weighted by molar-refractivity contribution is 0.415. The second-order valence-electron chi connectivity index (χ2n) is 6.36. The number of nitrogens with one attached hydrogen (secondary N) is 1. The highest BCUT2D eigenvalue weighted by molar-refractivity contribution is 6.29. The van der Waals surface area contributed by atoms with Crippen LogP contribution in [0.2, 0.25) is 0 Å². The van der Waals surface area contributed by atoms with Gasteiger partial charge in [-0.1, -0.05) is 17.7 Å². The third-order valence-electron chi connectivity index (χ3n) is 4.40. The number of nitrogens with zero attached hydrogens (tertiary/aromatic N) is 5. The van der Waals surface area contributed by atoms with Crippen LogP contribution in [0.3, 0.4) is 0 Å². The minimum Gasteiger partial charge on any atom is -0.497 e. The van der Waals surface area contributed by atoms with E-state index in [1.165, 1.54) is 11.6 Å². The number of rotatable bonds is 6. The summed E-state index contributed by atoms with van der Waals surface area (Å²) >= 11 is 5.96. The molecule has 0 aliphatic rings. The molecule has 29 heavy (non-hydrogen) atoms. The molecule has 0 bridgehead atoms. The van der Waals surface area contributed by atoms with Gasteiger partial charge in [-0.15, -0.1) is 0 Å². The second kappa shape index (κ2) is 8.36. The van der Waals surface area contributed by atoms with Crippen LogP contribution >= 0.6 is 11.6 Å². The maximum absolute atomic E-state index is 12.7. The number of aryl methyl sites for hydroxylation is 1. The van der Waals surface area contributed by atoms with E-state index in [4.69, 9.17) is 16.3 Å². The molecule has 2 aromatic heterocycles. The highest BCUT2D eigenvalue weighted by Gasteiger charge is 2.18. The number of aromatic nitrogens is 4. The lowest BCUT2D eigenvalue weighted by Gasteiger charge is -2.07. The quantitative estimate of drug-likeness (QED) is 0.490. The standard InChI is InChI=1S/C19H21ClN6O3/c1-12(20)9-10-26-15-16(24(2)19(28)25(3)17(15)27)22-18(26)23-21-11-13-5-7-14(29-4)8-6-13/h5-9,11H,10H2,1-4H3,(H,22,23)/b12-9+,21-11+. The smallest absolute Gasteiger partial charge is 0.332 e. The number of hydrogen-bond donors (Lipinski definition) is 1. The molecule has 3 aromatic rings. The van der Waals surface area contributed by atoms with Gasteiger partial charge in [-0.3, -0.25) is 18.5 Å². The highest BCUT2D eigenvalue weighted by atomic mass is 35.5. The van der Waals surface area contributed by atoms with E-state index in [1.807, 2.05) is 24.3 Å². The van der Waals surface area contributed by atoms with Gasteiger partial charge in [0, 0.05) is 25.7 Å². The molecule has 1 N–H and O–H groups in total. The van der Waals surface area contributed by atoms with Crippen LogP contribution in [0.4, 0.5) is 5.95 Å². The van der Waals surface area contributed by atoms with Gasteiger partial charge >= 0.3 is 5.69 Å². The molecule has 0 amide bonds. The van der Waals surface area contributed by atoms with Gasteiger partial charge in [0.1, 0.15) is 5.75 Å². The van der Waals surface area contributed by atoms with Crippen LogP contribution in [-0.2, 0) is 20.6 Å². The molecule has 0 fully saturated rings. The van der Waals surface area contributed by atoms with E-state index in [1.54, 1.807) is 37.9 Å². The molecule has 9 nitrogen and oxygen atoms in total. The van der Waals surface area contributed by atoms with Crippen molar-refractivity contribution in [3.05, 3.63) is 61.8 Å². The second-order valence-corrected chi connectivity index (χ2v) is 6.95. The van der Waals surface area contributed by atoms with Crippen molar-refractivity contribution in [1.29, 1.82) is 0 Å². The SMILES string of the molecule is COc1ccc(/C=N/Nc2nc3c(c(=O)n(C)c(=O)n3C)n2C/C=C(\C)Cl)cc1. The van der Waals surface area contributed by atoms with E-state index < -0.39 is 11.2 Å². The summed E-state index contributed by atoms with van der Waals surface area (Å²) in [5.41, 5.74) is 3.35. The summed E-state index contributed by atoms with van der Waals surface area (Å²) in [7, 11) is 4.59. The zero-order valence-electron chi connectivity index (χ0n) is 16.5. The van der Waals surface area contributed by atoms with Crippen LogP contribution < -0.4 is 21.4 Å². The molecule has 0 atom stereocenters. The van der Waals surface area contributed by atoms with Crippen LogP contribution in [-0.4, -0.2) is 32.0 Å². The molecule has 0 aliphatic carbocycles. The van der Waals surface area contributed by atoms with Crippen LogP contribution in [0.25, 0.3) is 11.2 Å². The van der Waals surface area contributed by atoms with Crippen LogP contribution in [0, 0.1) is 0 Å². The first kappa shape index (κ1) is 20.4. The number of hydrazone groups is 1. The Morgan fingerprint density at radius 3 is 2.55 bits per heavy atom. The van der Waals surface area contributed by atoms with Gasteiger partial charge in [-0.25, -0.2) is 10.2 Å². The molecule has 10 heteroatoms. The van der Waals surface area contributed by atoms with Crippen molar-refractivity contribution in [3.8, 4) is 5.75 Å². The van der Waals surface area contributed by atoms with E-state index in [-0.39, 0.29) is 11.2 Å². The molecular weight excluding hydrogens is 396 g/mol. The Bertz CT molecular complexity index is 1210.